The van der Waals surface area contributed by atoms with Crippen molar-refractivity contribution in [3.8, 4) is 0 Å². The molecule has 0 aromatic heterocycles. The number of hydrogen-bond donors (Lipinski definition) is 2. The first-order chi connectivity index (χ1) is 9.93. The van der Waals surface area contributed by atoms with Gasteiger partial charge in [-0.3, -0.25) is 4.79 Å². The maximum absolute atomic E-state index is 13.0. The van der Waals surface area contributed by atoms with Crippen LogP contribution in [0.15, 0.2) is 23.1 Å². The molecular formula is C14H17F2NO3S. The van der Waals surface area contributed by atoms with Crippen LogP contribution < -0.4 is 5.32 Å². The summed E-state index contributed by atoms with van der Waals surface area (Å²) in [6.45, 7) is 1.93. The van der Waals surface area contributed by atoms with Gasteiger partial charge in [-0.2, -0.15) is 0 Å². The molecule has 0 aliphatic carbocycles. The third-order valence-electron chi connectivity index (χ3n) is 2.74. The van der Waals surface area contributed by atoms with Crippen LogP contribution >= 0.6 is 11.8 Å². The highest BCUT2D eigenvalue weighted by Crippen LogP contribution is 2.20. The van der Waals surface area contributed by atoms with Crippen LogP contribution in [0.4, 0.5) is 8.78 Å². The Morgan fingerprint density at radius 2 is 2.05 bits per heavy atom. The maximum atomic E-state index is 13.0. The van der Waals surface area contributed by atoms with Gasteiger partial charge in [0.2, 0.25) is 5.91 Å². The van der Waals surface area contributed by atoms with Crippen LogP contribution in [0.1, 0.15) is 26.2 Å². The molecule has 21 heavy (non-hydrogen) atoms. The van der Waals surface area contributed by atoms with Gasteiger partial charge in [-0.15, -0.1) is 11.8 Å². The fraction of sp³-hybridized carbons (Fsp3) is 0.429. The van der Waals surface area contributed by atoms with Gasteiger partial charge in [0.1, 0.15) is 6.04 Å². The lowest BCUT2D eigenvalue weighted by molar-refractivity contribution is -0.141. The van der Waals surface area contributed by atoms with Crippen molar-refractivity contribution in [2.45, 2.75) is 37.1 Å². The van der Waals surface area contributed by atoms with E-state index in [0.29, 0.717) is 17.7 Å². The van der Waals surface area contributed by atoms with E-state index in [0.717, 1.165) is 30.3 Å². The molecule has 1 aromatic rings. The molecule has 0 unspecified atom stereocenters. The number of rotatable bonds is 8. The lowest BCUT2D eigenvalue weighted by Gasteiger charge is -2.13. The Morgan fingerprint density at radius 3 is 2.62 bits per heavy atom. The Kier molecular flexibility index (Phi) is 7.14. The molecule has 0 aliphatic heterocycles. The molecule has 0 spiro atoms. The van der Waals surface area contributed by atoms with Gasteiger partial charge in [0.15, 0.2) is 11.6 Å². The van der Waals surface area contributed by atoms with Crippen LogP contribution in [-0.2, 0) is 9.59 Å². The van der Waals surface area contributed by atoms with Crippen molar-refractivity contribution in [3.63, 3.8) is 0 Å². The number of aliphatic carboxylic acids is 1. The first-order valence-corrected chi connectivity index (χ1v) is 7.52. The van der Waals surface area contributed by atoms with E-state index in [2.05, 4.69) is 5.32 Å². The van der Waals surface area contributed by atoms with Crippen molar-refractivity contribution >= 4 is 23.6 Å². The number of unbranched alkanes of at least 4 members (excludes halogenated alkanes) is 1. The number of thioether (sulfide) groups is 1. The van der Waals surface area contributed by atoms with Crippen LogP contribution in [0, 0.1) is 11.6 Å². The molecular weight excluding hydrogens is 300 g/mol. The molecule has 116 valence electrons. The van der Waals surface area contributed by atoms with Crippen molar-refractivity contribution in [2.24, 2.45) is 0 Å². The van der Waals surface area contributed by atoms with Crippen LogP contribution in [0.5, 0.6) is 0 Å². The summed E-state index contributed by atoms with van der Waals surface area (Å²) in [4.78, 5) is 23.1. The maximum Gasteiger partial charge on any atom is 0.326 e. The Labute approximate surface area is 125 Å². The minimum Gasteiger partial charge on any atom is -0.480 e. The van der Waals surface area contributed by atoms with E-state index in [1.165, 1.54) is 6.07 Å². The lowest BCUT2D eigenvalue weighted by Crippen LogP contribution is -2.41. The molecule has 0 saturated heterocycles. The second kappa shape index (κ2) is 8.61. The molecule has 4 nitrogen and oxygen atoms in total. The Bertz CT molecular complexity index is 511. The van der Waals surface area contributed by atoms with Crippen molar-refractivity contribution in [2.75, 3.05) is 5.75 Å². The highest BCUT2D eigenvalue weighted by Gasteiger charge is 2.19. The molecule has 7 heteroatoms. The summed E-state index contributed by atoms with van der Waals surface area (Å²) >= 11 is 1.02. The van der Waals surface area contributed by atoms with Crippen molar-refractivity contribution in [1.82, 2.24) is 5.32 Å². The third kappa shape index (κ3) is 6.12. The van der Waals surface area contributed by atoms with Crippen molar-refractivity contribution in [1.29, 1.82) is 0 Å². The molecule has 1 aromatic carbocycles. The van der Waals surface area contributed by atoms with E-state index >= 15 is 0 Å². The van der Waals surface area contributed by atoms with Crippen LogP contribution in [0.25, 0.3) is 0 Å². The summed E-state index contributed by atoms with van der Waals surface area (Å²) in [5, 5.41) is 11.4. The number of nitrogens with one attached hydrogen (secondary N) is 1. The number of amides is 1. The first kappa shape index (κ1) is 17.4. The zero-order valence-corrected chi connectivity index (χ0v) is 12.4. The lowest BCUT2D eigenvalue weighted by atomic mass is 10.1. The van der Waals surface area contributed by atoms with Crippen LogP contribution in [0.3, 0.4) is 0 Å². The molecule has 2 N–H and O–H groups in total. The summed E-state index contributed by atoms with van der Waals surface area (Å²) in [6, 6.07) is 2.43. The van der Waals surface area contributed by atoms with E-state index in [1.54, 1.807) is 0 Å². The van der Waals surface area contributed by atoms with Gasteiger partial charge < -0.3 is 10.4 Å². The molecule has 0 aliphatic rings. The normalized spacial score (nSPS) is 12.0. The zero-order chi connectivity index (χ0) is 15.8. The Balaban J connectivity index is 2.48. The van der Waals surface area contributed by atoms with Gasteiger partial charge in [-0.25, -0.2) is 13.6 Å². The number of halogens is 2. The van der Waals surface area contributed by atoms with E-state index in [9.17, 15) is 18.4 Å². The molecule has 0 saturated carbocycles. The SMILES string of the molecule is CCCC[C@H](NC(=O)CSc1ccc(F)c(F)c1)C(=O)O. The molecule has 0 radical (unpaired) electrons. The third-order valence-corrected chi connectivity index (χ3v) is 3.73. The molecule has 0 heterocycles. The average molecular weight is 317 g/mol. The predicted molar refractivity (Wildman–Crippen MR) is 76.2 cm³/mol. The number of hydrogen-bond acceptors (Lipinski definition) is 3. The molecule has 1 amide bonds. The fourth-order valence-electron chi connectivity index (χ4n) is 1.62. The molecule has 0 bridgehead atoms. The average Bonchev–Trinajstić information content (AvgIpc) is 2.44. The molecule has 1 rings (SSSR count). The summed E-state index contributed by atoms with van der Waals surface area (Å²) in [6.07, 6.45) is 1.91. The van der Waals surface area contributed by atoms with E-state index < -0.39 is 29.6 Å². The van der Waals surface area contributed by atoms with Gasteiger partial charge in [0, 0.05) is 4.90 Å². The fourth-order valence-corrected chi connectivity index (χ4v) is 2.35. The summed E-state index contributed by atoms with van der Waals surface area (Å²) in [5.41, 5.74) is 0. The van der Waals surface area contributed by atoms with E-state index in [-0.39, 0.29) is 5.75 Å². The van der Waals surface area contributed by atoms with Gasteiger partial charge in [0.25, 0.3) is 0 Å². The van der Waals surface area contributed by atoms with Crippen molar-refractivity contribution < 1.29 is 23.5 Å². The van der Waals surface area contributed by atoms with Gasteiger partial charge in [-0.1, -0.05) is 19.8 Å². The Morgan fingerprint density at radius 1 is 1.33 bits per heavy atom. The summed E-state index contributed by atoms with van der Waals surface area (Å²) in [7, 11) is 0. The van der Waals surface area contributed by atoms with Crippen LogP contribution in [0.2, 0.25) is 0 Å². The number of carboxylic acids is 1. The number of benzene rings is 1. The molecule has 1 atom stereocenters. The monoisotopic (exact) mass is 317 g/mol. The zero-order valence-electron chi connectivity index (χ0n) is 11.6. The van der Waals surface area contributed by atoms with E-state index in [1.807, 2.05) is 6.92 Å². The minimum atomic E-state index is -1.07. The summed E-state index contributed by atoms with van der Waals surface area (Å²) in [5.74, 6) is -3.51. The largest absolute Gasteiger partial charge is 0.480 e. The minimum absolute atomic E-state index is 0.0546. The van der Waals surface area contributed by atoms with Gasteiger partial charge >= 0.3 is 5.97 Å². The molecule has 0 fully saturated rings. The van der Waals surface area contributed by atoms with Gasteiger partial charge in [-0.05, 0) is 24.6 Å². The topological polar surface area (TPSA) is 66.4 Å². The quantitative estimate of drug-likeness (QED) is 0.724. The van der Waals surface area contributed by atoms with Crippen LogP contribution in [-0.4, -0.2) is 28.8 Å². The second-order valence-electron chi connectivity index (χ2n) is 4.47. The second-order valence-corrected chi connectivity index (χ2v) is 5.51. The van der Waals surface area contributed by atoms with Gasteiger partial charge in [0.05, 0.1) is 5.75 Å². The number of carboxylic acid groups (broad SMARTS) is 1. The standard InChI is InChI=1S/C14H17F2NO3S/c1-2-3-4-12(14(19)20)17-13(18)8-21-9-5-6-10(15)11(16)7-9/h5-7,12H,2-4,8H2,1H3,(H,17,18)(H,19,20)/t12-/m0/s1. The highest BCUT2D eigenvalue weighted by molar-refractivity contribution is 8.00. The predicted octanol–water partition coefficient (Wildman–Crippen LogP) is 2.82. The number of carbonyl (C=O) groups excluding carboxylic acids is 1. The number of carbonyl (C=O) groups is 2. The van der Waals surface area contributed by atoms with E-state index in [4.69, 9.17) is 5.11 Å². The smallest absolute Gasteiger partial charge is 0.326 e. The summed E-state index contributed by atoms with van der Waals surface area (Å²) < 4.78 is 25.7. The highest BCUT2D eigenvalue weighted by atomic mass is 32.2. The Hall–Kier alpha value is -1.63. The van der Waals surface area contributed by atoms with Crippen molar-refractivity contribution in [3.05, 3.63) is 29.8 Å². The first-order valence-electron chi connectivity index (χ1n) is 6.54.